The molecule has 1 fully saturated rings. The second kappa shape index (κ2) is 5.68. The van der Waals surface area contributed by atoms with Crippen LogP contribution in [0.3, 0.4) is 0 Å². The summed E-state index contributed by atoms with van der Waals surface area (Å²) in [5.41, 5.74) is 0.790. The molecule has 3 rings (SSSR count). The number of benzene rings is 1. The van der Waals surface area contributed by atoms with E-state index in [2.05, 4.69) is 31.2 Å². The molecule has 0 bridgehead atoms. The third kappa shape index (κ3) is 2.63. The van der Waals surface area contributed by atoms with Crippen LogP contribution in [0.1, 0.15) is 26.3 Å². The maximum Gasteiger partial charge on any atom is 0.163 e. The van der Waals surface area contributed by atoms with Crippen LogP contribution in [0.4, 0.5) is 0 Å². The van der Waals surface area contributed by atoms with E-state index < -0.39 is 5.79 Å². The number of hydrogen-bond donors (Lipinski definition) is 0. The highest BCUT2D eigenvalue weighted by Crippen LogP contribution is 2.46. The molecular weight excluding hydrogens is 319 g/mol. The van der Waals surface area contributed by atoms with Crippen molar-refractivity contribution in [2.45, 2.75) is 38.1 Å². The van der Waals surface area contributed by atoms with Gasteiger partial charge in [-0.3, -0.25) is 0 Å². The molecule has 22 heavy (non-hydrogen) atoms. The minimum absolute atomic E-state index is 0.0732. The summed E-state index contributed by atoms with van der Waals surface area (Å²) in [6, 6.07) is 5.82. The zero-order chi connectivity index (χ0) is 16.0. The van der Waals surface area contributed by atoms with Gasteiger partial charge in [0.05, 0.1) is 22.8 Å². The molecule has 1 aromatic carbocycles. The maximum absolute atomic E-state index is 6.26. The predicted molar refractivity (Wildman–Crippen MR) is 90.5 cm³/mol. The van der Waals surface area contributed by atoms with Gasteiger partial charge >= 0.3 is 0 Å². The molecule has 4 heteroatoms. The fraction of sp³-hybridized carbons (Fsp3) is 0.444. The molecule has 1 heterocycles. The van der Waals surface area contributed by atoms with Crippen LogP contribution < -0.4 is 0 Å². The summed E-state index contributed by atoms with van der Waals surface area (Å²) in [5.74, 6) is -0.306. The van der Waals surface area contributed by atoms with Crippen molar-refractivity contribution in [2.24, 2.45) is 5.92 Å². The van der Waals surface area contributed by atoms with E-state index in [-0.39, 0.29) is 17.4 Å². The first kappa shape index (κ1) is 16.1. The Hall–Kier alpha value is -0.800. The molecule has 118 valence electrons. The first-order valence-electron chi connectivity index (χ1n) is 7.48. The van der Waals surface area contributed by atoms with Gasteiger partial charge in [0.1, 0.15) is 0 Å². The van der Waals surface area contributed by atoms with Gasteiger partial charge in [0.15, 0.2) is 5.79 Å². The van der Waals surface area contributed by atoms with E-state index in [1.807, 2.05) is 32.0 Å². The highest BCUT2D eigenvalue weighted by atomic mass is 35.5. The summed E-state index contributed by atoms with van der Waals surface area (Å²) in [7, 11) is 0. The van der Waals surface area contributed by atoms with Gasteiger partial charge in [-0.2, -0.15) is 0 Å². The van der Waals surface area contributed by atoms with Crippen LogP contribution >= 0.6 is 23.2 Å². The Kier molecular flexibility index (Phi) is 4.15. The Morgan fingerprint density at radius 1 is 1.14 bits per heavy atom. The predicted octanol–water partition coefficient (Wildman–Crippen LogP) is 5.14. The third-order valence-electron chi connectivity index (χ3n) is 4.60. The van der Waals surface area contributed by atoms with Gasteiger partial charge in [0.25, 0.3) is 0 Å². The lowest BCUT2D eigenvalue weighted by Gasteiger charge is -2.41. The van der Waals surface area contributed by atoms with Gasteiger partial charge in [-0.15, -0.1) is 0 Å². The molecule has 1 aromatic rings. The molecule has 3 unspecified atom stereocenters. The van der Waals surface area contributed by atoms with Crippen LogP contribution in [0.2, 0.25) is 10.0 Å². The van der Waals surface area contributed by atoms with E-state index in [9.17, 15) is 0 Å². The summed E-state index contributed by atoms with van der Waals surface area (Å²) in [6.45, 7) is 6.64. The SMILES string of the molecule is CC1C=CC=CC1(c1ccc(Cl)c(Cl)c1)C1COC(C)(C)O1. The van der Waals surface area contributed by atoms with Crippen LogP contribution in [0.15, 0.2) is 42.5 Å². The second-order valence-electron chi connectivity index (χ2n) is 6.41. The standard InChI is InChI=1S/C18H20Cl2O2/c1-12-6-4-5-9-18(12,16-11-21-17(2,3)22-16)13-7-8-14(19)15(20)10-13/h4-10,12,16H,11H2,1-3H3. The molecule has 2 nitrogen and oxygen atoms in total. The number of hydrogen-bond acceptors (Lipinski definition) is 2. The summed E-state index contributed by atoms with van der Waals surface area (Å²) >= 11 is 12.3. The van der Waals surface area contributed by atoms with Gasteiger partial charge < -0.3 is 9.47 Å². The lowest BCUT2D eigenvalue weighted by Crippen LogP contribution is -2.46. The molecule has 0 radical (unpaired) electrons. The van der Waals surface area contributed by atoms with E-state index >= 15 is 0 Å². The van der Waals surface area contributed by atoms with Crippen LogP contribution in [-0.2, 0) is 14.9 Å². The lowest BCUT2D eigenvalue weighted by atomic mass is 9.65. The van der Waals surface area contributed by atoms with Crippen LogP contribution in [0, 0.1) is 5.92 Å². The third-order valence-corrected chi connectivity index (χ3v) is 5.34. The van der Waals surface area contributed by atoms with E-state index in [1.54, 1.807) is 0 Å². The zero-order valence-electron chi connectivity index (χ0n) is 13.0. The Balaban J connectivity index is 2.10. The van der Waals surface area contributed by atoms with E-state index in [0.29, 0.717) is 16.7 Å². The smallest absolute Gasteiger partial charge is 0.163 e. The largest absolute Gasteiger partial charge is 0.348 e. The molecule has 0 aromatic heterocycles. The van der Waals surface area contributed by atoms with Crippen molar-refractivity contribution in [1.82, 2.24) is 0 Å². The highest BCUT2D eigenvalue weighted by Gasteiger charge is 2.49. The van der Waals surface area contributed by atoms with Crippen LogP contribution in [0.25, 0.3) is 0 Å². The number of halogens is 2. The fourth-order valence-electron chi connectivity index (χ4n) is 3.39. The van der Waals surface area contributed by atoms with Crippen LogP contribution in [-0.4, -0.2) is 18.5 Å². The van der Waals surface area contributed by atoms with Crippen molar-refractivity contribution in [1.29, 1.82) is 0 Å². The second-order valence-corrected chi connectivity index (χ2v) is 7.23. The van der Waals surface area contributed by atoms with Gasteiger partial charge in [0, 0.05) is 5.41 Å². The Labute approximate surface area is 141 Å². The van der Waals surface area contributed by atoms with Crippen molar-refractivity contribution < 1.29 is 9.47 Å². The normalized spacial score (nSPS) is 33.3. The Morgan fingerprint density at radius 2 is 1.91 bits per heavy atom. The van der Waals surface area contributed by atoms with E-state index in [0.717, 1.165) is 5.56 Å². The molecule has 0 saturated carbocycles. The van der Waals surface area contributed by atoms with Crippen molar-refractivity contribution >= 4 is 23.2 Å². The zero-order valence-corrected chi connectivity index (χ0v) is 14.5. The molecule has 0 spiro atoms. The minimum Gasteiger partial charge on any atom is -0.348 e. The number of ether oxygens (including phenoxy) is 2. The van der Waals surface area contributed by atoms with Gasteiger partial charge in [0.2, 0.25) is 0 Å². The monoisotopic (exact) mass is 338 g/mol. The summed E-state index contributed by atoms with van der Waals surface area (Å²) in [6.07, 6.45) is 8.46. The molecule has 3 atom stereocenters. The van der Waals surface area contributed by atoms with Gasteiger partial charge in [-0.25, -0.2) is 0 Å². The Morgan fingerprint density at radius 3 is 2.50 bits per heavy atom. The summed E-state index contributed by atoms with van der Waals surface area (Å²) in [5, 5.41) is 1.12. The molecule has 0 amide bonds. The highest BCUT2D eigenvalue weighted by molar-refractivity contribution is 6.42. The van der Waals surface area contributed by atoms with Crippen molar-refractivity contribution in [3.8, 4) is 0 Å². The molecular formula is C18H20Cl2O2. The van der Waals surface area contributed by atoms with Gasteiger partial charge in [-0.05, 0) is 37.5 Å². The van der Waals surface area contributed by atoms with Crippen molar-refractivity contribution in [3.63, 3.8) is 0 Å². The van der Waals surface area contributed by atoms with E-state index in [4.69, 9.17) is 32.7 Å². The lowest BCUT2D eigenvalue weighted by molar-refractivity contribution is -0.146. The molecule has 1 saturated heterocycles. The maximum atomic E-state index is 6.26. The first-order valence-corrected chi connectivity index (χ1v) is 8.24. The van der Waals surface area contributed by atoms with Crippen molar-refractivity contribution in [2.75, 3.05) is 6.61 Å². The minimum atomic E-state index is -0.567. The summed E-state index contributed by atoms with van der Waals surface area (Å²) < 4.78 is 12.0. The molecule has 1 aliphatic carbocycles. The van der Waals surface area contributed by atoms with Gasteiger partial charge in [-0.1, -0.05) is 60.5 Å². The molecule has 0 N–H and O–H groups in total. The average molecular weight is 339 g/mol. The fourth-order valence-corrected chi connectivity index (χ4v) is 3.69. The molecule has 2 aliphatic rings. The topological polar surface area (TPSA) is 18.5 Å². The quantitative estimate of drug-likeness (QED) is 0.742. The first-order chi connectivity index (χ1) is 10.3. The summed E-state index contributed by atoms with van der Waals surface area (Å²) in [4.78, 5) is 0. The van der Waals surface area contributed by atoms with Crippen molar-refractivity contribution in [3.05, 3.63) is 58.1 Å². The number of allylic oxidation sites excluding steroid dienone is 3. The Bertz CT molecular complexity index is 636. The number of rotatable bonds is 2. The average Bonchev–Trinajstić information content (AvgIpc) is 2.83. The van der Waals surface area contributed by atoms with E-state index in [1.165, 1.54) is 0 Å². The molecule has 1 aliphatic heterocycles. The van der Waals surface area contributed by atoms with Crippen LogP contribution in [0.5, 0.6) is 0 Å².